The van der Waals surface area contributed by atoms with E-state index in [9.17, 15) is 9.59 Å². The number of aryl methyl sites for hydroxylation is 2. The Bertz CT molecular complexity index is 1490. The maximum atomic E-state index is 13.4. The van der Waals surface area contributed by atoms with Crippen molar-refractivity contribution < 1.29 is 9.59 Å². The number of carbonyl (C=O) groups is 2. The van der Waals surface area contributed by atoms with Crippen LogP contribution in [0.1, 0.15) is 34.2 Å². The number of amides is 2. The summed E-state index contributed by atoms with van der Waals surface area (Å²) in [6.45, 7) is 0.531. The molecule has 0 aliphatic carbocycles. The molecule has 2 amide bonds. The van der Waals surface area contributed by atoms with Crippen LogP contribution in [-0.2, 0) is 18.4 Å². The summed E-state index contributed by atoms with van der Waals surface area (Å²) in [7, 11) is 1.95. The highest BCUT2D eigenvalue weighted by molar-refractivity contribution is 5.97. The molecule has 3 aromatic carbocycles. The maximum Gasteiger partial charge on any atom is 0.252 e. The summed E-state index contributed by atoms with van der Waals surface area (Å²) in [6, 6.07) is 24.1. The second kappa shape index (κ2) is 10.3. The summed E-state index contributed by atoms with van der Waals surface area (Å²) in [5, 5.41) is 6.02. The Balaban J connectivity index is 1.36. The highest BCUT2D eigenvalue weighted by Crippen LogP contribution is 2.25. The molecule has 1 atom stereocenters. The number of benzene rings is 3. The van der Waals surface area contributed by atoms with Crippen LogP contribution in [0.4, 0.5) is 5.69 Å². The predicted molar refractivity (Wildman–Crippen MR) is 138 cm³/mol. The van der Waals surface area contributed by atoms with Gasteiger partial charge < -0.3 is 19.8 Å². The molecule has 5 aromatic rings. The zero-order valence-electron chi connectivity index (χ0n) is 19.8. The lowest BCUT2D eigenvalue weighted by Crippen LogP contribution is -2.31. The number of aromatic nitrogens is 4. The van der Waals surface area contributed by atoms with E-state index in [4.69, 9.17) is 4.98 Å². The van der Waals surface area contributed by atoms with E-state index in [1.54, 1.807) is 36.8 Å². The highest BCUT2D eigenvalue weighted by atomic mass is 16.2. The lowest BCUT2D eigenvalue weighted by atomic mass is 10.1. The van der Waals surface area contributed by atoms with Crippen molar-refractivity contribution in [1.82, 2.24) is 24.4 Å². The SMILES string of the molecule is Cn1c(C(NC(=O)c2cccc(NC(=O)CCn3ccnc3)c2)c2ccccc2)nc2ccccc21. The Morgan fingerprint density at radius 2 is 1.78 bits per heavy atom. The van der Waals surface area contributed by atoms with Gasteiger partial charge in [0.2, 0.25) is 5.91 Å². The summed E-state index contributed by atoms with van der Waals surface area (Å²) in [5.41, 5.74) is 3.79. The third-order valence-corrected chi connectivity index (χ3v) is 6.05. The van der Waals surface area contributed by atoms with Gasteiger partial charge in [-0.1, -0.05) is 48.5 Å². The molecule has 0 spiro atoms. The Labute approximate surface area is 208 Å². The summed E-state index contributed by atoms with van der Waals surface area (Å²) in [5.74, 6) is 0.341. The van der Waals surface area contributed by atoms with Gasteiger partial charge in [0.1, 0.15) is 11.9 Å². The molecule has 2 N–H and O–H groups in total. The summed E-state index contributed by atoms with van der Waals surface area (Å²) in [4.78, 5) is 34.6. The minimum atomic E-state index is -0.454. The zero-order chi connectivity index (χ0) is 24.9. The molecule has 8 nitrogen and oxygen atoms in total. The molecule has 1 unspecified atom stereocenters. The number of nitrogens with zero attached hydrogens (tertiary/aromatic N) is 4. The van der Waals surface area contributed by atoms with Crippen LogP contribution < -0.4 is 10.6 Å². The van der Waals surface area contributed by atoms with Crippen molar-refractivity contribution in [3.8, 4) is 0 Å². The Morgan fingerprint density at radius 1 is 0.972 bits per heavy atom. The number of hydrogen-bond acceptors (Lipinski definition) is 4. The number of anilines is 1. The molecule has 0 fully saturated rings. The summed E-state index contributed by atoms with van der Waals surface area (Å²) >= 11 is 0. The van der Waals surface area contributed by atoms with E-state index in [0.29, 0.717) is 24.2 Å². The number of carbonyl (C=O) groups excluding carboxylic acids is 2. The molecule has 8 heteroatoms. The molecule has 0 bridgehead atoms. The van der Waals surface area contributed by atoms with Crippen LogP contribution in [-0.4, -0.2) is 30.9 Å². The molecule has 5 rings (SSSR count). The fourth-order valence-corrected chi connectivity index (χ4v) is 4.19. The van der Waals surface area contributed by atoms with Gasteiger partial charge in [-0.25, -0.2) is 9.97 Å². The molecule has 0 saturated heterocycles. The van der Waals surface area contributed by atoms with Gasteiger partial charge in [-0.05, 0) is 35.9 Å². The van der Waals surface area contributed by atoms with Crippen LogP contribution in [0, 0.1) is 0 Å². The van der Waals surface area contributed by atoms with E-state index in [2.05, 4.69) is 15.6 Å². The molecule has 0 radical (unpaired) electrons. The molecule has 180 valence electrons. The molecular formula is C28H26N6O2. The van der Waals surface area contributed by atoms with Crippen molar-refractivity contribution in [2.75, 3.05) is 5.32 Å². The van der Waals surface area contributed by atoms with Crippen LogP contribution in [0.25, 0.3) is 11.0 Å². The molecule has 2 aromatic heterocycles. The first kappa shape index (κ1) is 23.0. The van der Waals surface area contributed by atoms with Crippen molar-refractivity contribution in [3.63, 3.8) is 0 Å². The lowest BCUT2D eigenvalue weighted by molar-refractivity contribution is -0.116. The van der Waals surface area contributed by atoms with Crippen LogP contribution in [0.2, 0.25) is 0 Å². The van der Waals surface area contributed by atoms with E-state index in [0.717, 1.165) is 22.4 Å². The van der Waals surface area contributed by atoms with Gasteiger partial charge in [0.15, 0.2) is 0 Å². The highest BCUT2D eigenvalue weighted by Gasteiger charge is 2.23. The number of imidazole rings is 2. The quantitative estimate of drug-likeness (QED) is 0.347. The molecule has 36 heavy (non-hydrogen) atoms. The van der Waals surface area contributed by atoms with Gasteiger partial charge >= 0.3 is 0 Å². The molecular weight excluding hydrogens is 452 g/mol. The van der Waals surface area contributed by atoms with Crippen molar-refractivity contribution in [2.24, 2.45) is 7.05 Å². The molecule has 2 heterocycles. The molecule has 0 aliphatic rings. The first-order valence-corrected chi connectivity index (χ1v) is 11.7. The smallest absolute Gasteiger partial charge is 0.252 e. The number of hydrogen-bond donors (Lipinski definition) is 2. The van der Waals surface area contributed by atoms with Crippen LogP contribution in [0.15, 0.2) is 97.6 Å². The molecule has 0 saturated carbocycles. The second-order valence-electron chi connectivity index (χ2n) is 8.51. The molecule has 0 aliphatic heterocycles. The van der Waals surface area contributed by atoms with Gasteiger partial charge in [-0.2, -0.15) is 0 Å². The van der Waals surface area contributed by atoms with E-state index in [-0.39, 0.29) is 11.8 Å². The van der Waals surface area contributed by atoms with Crippen molar-refractivity contribution >= 4 is 28.5 Å². The number of para-hydroxylation sites is 2. The standard InChI is InChI=1S/C28H26N6O2/c1-33-24-13-6-5-12-23(24)31-27(33)26(20-8-3-2-4-9-20)32-28(36)21-10-7-11-22(18-21)30-25(35)14-16-34-17-15-29-19-34/h2-13,15,17-19,26H,14,16H2,1H3,(H,30,35)(H,32,36). The Morgan fingerprint density at radius 3 is 2.56 bits per heavy atom. The number of rotatable bonds is 8. The normalized spacial score (nSPS) is 11.8. The van der Waals surface area contributed by atoms with E-state index < -0.39 is 6.04 Å². The van der Waals surface area contributed by atoms with Gasteiger partial charge in [0.25, 0.3) is 5.91 Å². The Kier molecular flexibility index (Phi) is 6.57. The largest absolute Gasteiger partial charge is 0.338 e. The first-order valence-electron chi connectivity index (χ1n) is 11.7. The fourth-order valence-electron chi connectivity index (χ4n) is 4.19. The van der Waals surface area contributed by atoms with E-state index in [1.165, 1.54) is 0 Å². The second-order valence-corrected chi connectivity index (χ2v) is 8.51. The Hall–Kier alpha value is -4.72. The number of nitrogens with one attached hydrogen (secondary N) is 2. The average molecular weight is 479 g/mol. The minimum absolute atomic E-state index is 0.136. The van der Waals surface area contributed by atoms with Gasteiger partial charge in [-0.15, -0.1) is 0 Å². The van der Waals surface area contributed by atoms with Crippen molar-refractivity contribution in [2.45, 2.75) is 19.0 Å². The predicted octanol–water partition coefficient (Wildman–Crippen LogP) is 4.32. The average Bonchev–Trinajstić information content (AvgIpc) is 3.55. The van der Waals surface area contributed by atoms with E-state index >= 15 is 0 Å². The topological polar surface area (TPSA) is 93.8 Å². The fraction of sp³-hybridized carbons (Fsp3) is 0.143. The van der Waals surface area contributed by atoms with Crippen molar-refractivity contribution in [3.05, 3.63) is 115 Å². The van der Waals surface area contributed by atoms with E-state index in [1.807, 2.05) is 77.0 Å². The van der Waals surface area contributed by atoms with Gasteiger partial charge in [-0.3, -0.25) is 9.59 Å². The number of fused-ring (bicyclic) bond motifs is 1. The summed E-state index contributed by atoms with van der Waals surface area (Å²) < 4.78 is 3.85. The maximum absolute atomic E-state index is 13.4. The van der Waals surface area contributed by atoms with Crippen molar-refractivity contribution in [1.29, 1.82) is 0 Å². The van der Waals surface area contributed by atoms with Crippen LogP contribution in [0.5, 0.6) is 0 Å². The third kappa shape index (κ3) is 5.02. The minimum Gasteiger partial charge on any atom is -0.338 e. The van der Waals surface area contributed by atoms with Crippen LogP contribution >= 0.6 is 0 Å². The van der Waals surface area contributed by atoms with Gasteiger partial charge in [0.05, 0.1) is 17.4 Å². The van der Waals surface area contributed by atoms with Crippen LogP contribution in [0.3, 0.4) is 0 Å². The lowest BCUT2D eigenvalue weighted by Gasteiger charge is -2.19. The van der Waals surface area contributed by atoms with Gasteiger partial charge in [0, 0.05) is 43.7 Å². The monoisotopic (exact) mass is 478 g/mol. The zero-order valence-corrected chi connectivity index (χ0v) is 19.8. The first-order chi connectivity index (χ1) is 17.6. The third-order valence-electron chi connectivity index (χ3n) is 6.05. The summed E-state index contributed by atoms with van der Waals surface area (Å²) in [6.07, 6.45) is 5.46.